The third-order valence-corrected chi connectivity index (χ3v) is 4.06. The average molecular weight is 265 g/mol. The summed E-state index contributed by atoms with van der Waals surface area (Å²) in [5.74, 6) is 1.51. The summed E-state index contributed by atoms with van der Waals surface area (Å²) in [5, 5.41) is 3.35. The van der Waals surface area contributed by atoms with Gasteiger partial charge in [-0.25, -0.2) is 0 Å². The maximum atomic E-state index is 12.1. The summed E-state index contributed by atoms with van der Waals surface area (Å²) in [5.41, 5.74) is -0.0476. The van der Waals surface area contributed by atoms with E-state index in [1.54, 1.807) is 0 Å². The molecule has 106 valence electrons. The molecule has 0 aromatic heterocycles. The van der Waals surface area contributed by atoms with Gasteiger partial charge in [-0.15, -0.1) is 0 Å². The molecule has 0 aromatic rings. The Morgan fingerprint density at radius 1 is 1.28 bits per heavy atom. The lowest BCUT2D eigenvalue weighted by atomic mass is 9.83. The normalized spacial score (nSPS) is 34.7. The maximum absolute atomic E-state index is 12.1. The van der Waals surface area contributed by atoms with E-state index in [0.717, 1.165) is 44.2 Å². The minimum atomic E-state index is -4.21. The van der Waals surface area contributed by atoms with Crippen LogP contribution in [0, 0.1) is 17.3 Å². The Morgan fingerprint density at radius 2 is 1.94 bits per heavy atom. The molecule has 0 saturated heterocycles. The van der Waals surface area contributed by atoms with Crippen molar-refractivity contribution in [2.24, 2.45) is 17.3 Å². The van der Waals surface area contributed by atoms with Crippen LogP contribution in [0.1, 0.15) is 32.6 Å². The molecule has 0 heterocycles. The third kappa shape index (κ3) is 3.85. The Hall–Kier alpha value is -0.290. The zero-order valence-electron chi connectivity index (χ0n) is 10.9. The Kier molecular flexibility index (Phi) is 4.22. The first-order valence-electron chi connectivity index (χ1n) is 6.79. The van der Waals surface area contributed by atoms with Gasteiger partial charge in [0.1, 0.15) is 6.61 Å². The van der Waals surface area contributed by atoms with Gasteiger partial charge in [-0.2, -0.15) is 13.2 Å². The van der Waals surface area contributed by atoms with E-state index in [1.165, 1.54) is 6.42 Å². The predicted octanol–water partition coefficient (Wildman–Crippen LogP) is 2.98. The summed E-state index contributed by atoms with van der Waals surface area (Å²) >= 11 is 0. The van der Waals surface area contributed by atoms with Gasteiger partial charge in [-0.3, -0.25) is 0 Å². The molecule has 2 nitrogen and oxygen atoms in total. The minimum absolute atomic E-state index is 0.0476. The van der Waals surface area contributed by atoms with Crippen molar-refractivity contribution in [1.82, 2.24) is 5.32 Å². The second-order valence-electron chi connectivity index (χ2n) is 5.95. The van der Waals surface area contributed by atoms with Crippen LogP contribution in [0.5, 0.6) is 0 Å². The van der Waals surface area contributed by atoms with Crippen LogP contribution in [0.15, 0.2) is 0 Å². The molecule has 2 aliphatic carbocycles. The van der Waals surface area contributed by atoms with Crippen LogP contribution >= 0.6 is 0 Å². The van der Waals surface area contributed by atoms with Crippen LogP contribution in [0.4, 0.5) is 13.2 Å². The Morgan fingerprint density at radius 3 is 2.50 bits per heavy atom. The monoisotopic (exact) mass is 265 g/mol. The van der Waals surface area contributed by atoms with Crippen molar-refractivity contribution in [3.63, 3.8) is 0 Å². The molecular formula is C13H22F3NO. The quantitative estimate of drug-likeness (QED) is 0.715. The van der Waals surface area contributed by atoms with E-state index in [4.69, 9.17) is 4.74 Å². The average Bonchev–Trinajstić information content (AvgIpc) is 2.86. The number of nitrogens with one attached hydrogen (secondary N) is 1. The fraction of sp³-hybridized carbons (Fsp3) is 1.00. The first-order chi connectivity index (χ1) is 8.44. The number of hydrogen-bond donors (Lipinski definition) is 1. The Balaban J connectivity index is 1.78. The lowest BCUT2D eigenvalue weighted by Gasteiger charge is -2.31. The molecule has 0 amide bonds. The number of alkyl halides is 3. The minimum Gasteiger partial charge on any atom is -0.371 e. The SMILES string of the molecule is CCCNCC1(COCC(F)(F)F)CC2CC2C1. The molecule has 0 radical (unpaired) electrons. The zero-order chi connectivity index (χ0) is 13.2. The highest BCUT2D eigenvalue weighted by Gasteiger charge is 2.53. The Labute approximate surface area is 106 Å². The summed E-state index contributed by atoms with van der Waals surface area (Å²) in [6, 6.07) is 0. The molecule has 0 aliphatic heterocycles. The van der Waals surface area contributed by atoms with Gasteiger partial charge in [0, 0.05) is 12.0 Å². The highest BCUT2D eigenvalue weighted by Crippen LogP contribution is 2.59. The highest BCUT2D eigenvalue weighted by atomic mass is 19.4. The number of rotatable bonds is 7. The first kappa shape index (κ1) is 14.1. The fourth-order valence-corrected chi connectivity index (χ4v) is 3.23. The van der Waals surface area contributed by atoms with Crippen LogP contribution in [0.3, 0.4) is 0 Å². The highest BCUT2D eigenvalue weighted by molar-refractivity contribution is 5.04. The smallest absolute Gasteiger partial charge is 0.371 e. The third-order valence-electron chi connectivity index (χ3n) is 4.06. The van der Waals surface area contributed by atoms with Gasteiger partial charge in [0.2, 0.25) is 0 Å². The summed E-state index contributed by atoms with van der Waals surface area (Å²) in [4.78, 5) is 0. The Bertz CT molecular complexity index is 270. The lowest BCUT2D eigenvalue weighted by Crippen LogP contribution is -2.38. The summed E-state index contributed by atoms with van der Waals surface area (Å²) in [6.07, 6.45) is 0.180. The van der Waals surface area contributed by atoms with Gasteiger partial charge < -0.3 is 10.1 Å². The molecular weight excluding hydrogens is 243 g/mol. The molecule has 0 aromatic carbocycles. The maximum Gasteiger partial charge on any atom is 0.411 e. The van der Waals surface area contributed by atoms with Gasteiger partial charge in [-0.1, -0.05) is 6.92 Å². The van der Waals surface area contributed by atoms with Gasteiger partial charge in [0.15, 0.2) is 0 Å². The number of ether oxygens (including phenoxy) is 1. The molecule has 2 unspecified atom stereocenters. The van der Waals surface area contributed by atoms with Crippen molar-refractivity contribution in [2.75, 3.05) is 26.3 Å². The molecule has 2 aliphatic rings. The van der Waals surface area contributed by atoms with Crippen molar-refractivity contribution in [1.29, 1.82) is 0 Å². The van der Waals surface area contributed by atoms with Crippen molar-refractivity contribution >= 4 is 0 Å². The molecule has 18 heavy (non-hydrogen) atoms. The van der Waals surface area contributed by atoms with Gasteiger partial charge in [-0.05, 0) is 44.1 Å². The molecule has 0 spiro atoms. The van der Waals surface area contributed by atoms with E-state index in [-0.39, 0.29) is 12.0 Å². The van der Waals surface area contributed by atoms with E-state index in [9.17, 15) is 13.2 Å². The molecule has 1 N–H and O–H groups in total. The van der Waals surface area contributed by atoms with Crippen LogP contribution in [0.2, 0.25) is 0 Å². The lowest BCUT2D eigenvalue weighted by molar-refractivity contribution is -0.181. The number of hydrogen-bond acceptors (Lipinski definition) is 2. The standard InChI is InChI=1S/C13H22F3NO/c1-2-3-17-7-12(5-10-4-11(10)6-12)8-18-9-13(14,15)16/h10-11,17H,2-9H2,1H3. The van der Waals surface area contributed by atoms with Gasteiger partial charge in [0.25, 0.3) is 0 Å². The van der Waals surface area contributed by atoms with E-state index < -0.39 is 12.8 Å². The van der Waals surface area contributed by atoms with Crippen molar-refractivity contribution in [3.05, 3.63) is 0 Å². The fourth-order valence-electron chi connectivity index (χ4n) is 3.23. The van der Waals surface area contributed by atoms with Crippen molar-refractivity contribution in [2.45, 2.75) is 38.8 Å². The summed E-state index contributed by atoms with van der Waals surface area (Å²) < 4.78 is 41.2. The van der Waals surface area contributed by atoms with Crippen LogP contribution in [0.25, 0.3) is 0 Å². The van der Waals surface area contributed by atoms with Crippen molar-refractivity contribution in [3.8, 4) is 0 Å². The molecule has 2 rings (SSSR count). The van der Waals surface area contributed by atoms with Crippen molar-refractivity contribution < 1.29 is 17.9 Å². The summed E-state index contributed by atoms with van der Waals surface area (Å²) in [6.45, 7) is 2.95. The number of fused-ring (bicyclic) bond motifs is 1. The second kappa shape index (κ2) is 5.37. The van der Waals surface area contributed by atoms with Crippen LogP contribution < -0.4 is 5.32 Å². The zero-order valence-corrected chi connectivity index (χ0v) is 10.9. The van der Waals surface area contributed by atoms with Crippen LogP contribution in [-0.2, 0) is 4.74 Å². The topological polar surface area (TPSA) is 21.3 Å². The molecule has 5 heteroatoms. The van der Waals surface area contributed by atoms with E-state index in [0.29, 0.717) is 0 Å². The molecule has 2 atom stereocenters. The number of halogens is 3. The predicted molar refractivity (Wildman–Crippen MR) is 63.3 cm³/mol. The largest absolute Gasteiger partial charge is 0.411 e. The van der Waals surface area contributed by atoms with E-state index in [1.807, 2.05) is 0 Å². The summed E-state index contributed by atoms with van der Waals surface area (Å²) in [7, 11) is 0. The first-order valence-corrected chi connectivity index (χ1v) is 6.79. The molecule has 2 fully saturated rings. The van der Waals surface area contributed by atoms with Gasteiger partial charge in [0.05, 0.1) is 6.61 Å². The second-order valence-corrected chi connectivity index (χ2v) is 5.95. The molecule has 0 bridgehead atoms. The van der Waals surface area contributed by atoms with E-state index >= 15 is 0 Å². The molecule has 2 saturated carbocycles. The van der Waals surface area contributed by atoms with Gasteiger partial charge >= 0.3 is 6.18 Å². The van der Waals surface area contributed by atoms with Crippen LogP contribution in [-0.4, -0.2) is 32.5 Å². The van der Waals surface area contributed by atoms with E-state index in [2.05, 4.69) is 12.2 Å².